The summed E-state index contributed by atoms with van der Waals surface area (Å²) in [4.78, 5) is 133. The number of benzene rings is 2. The average molecular weight is 1040 g/mol. The highest BCUT2D eigenvalue weighted by atomic mass is 35.5. The summed E-state index contributed by atoms with van der Waals surface area (Å²) in [7, 11) is 1.31. The van der Waals surface area contributed by atoms with Gasteiger partial charge in [-0.25, -0.2) is 4.79 Å². The van der Waals surface area contributed by atoms with Gasteiger partial charge in [-0.15, -0.1) is 0 Å². The quantitative estimate of drug-likeness (QED) is 0.0410. The van der Waals surface area contributed by atoms with Crippen molar-refractivity contribution in [1.82, 2.24) is 36.4 Å². The monoisotopic (exact) mass is 1040 g/mol. The van der Waals surface area contributed by atoms with Crippen molar-refractivity contribution in [3.05, 3.63) is 64.7 Å². The highest BCUT2D eigenvalue weighted by Crippen LogP contribution is 2.27. The number of amides is 7. The summed E-state index contributed by atoms with van der Waals surface area (Å²) in [5.41, 5.74) is 12.0. The van der Waals surface area contributed by atoms with Crippen molar-refractivity contribution in [2.45, 2.75) is 153 Å². The fourth-order valence-electron chi connectivity index (χ4n) is 8.45. The fourth-order valence-corrected chi connectivity index (χ4v) is 8.65. The number of guanidine groups is 1. The Morgan fingerprint density at radius 3 is 2.21 bits per heavy atom. The van der Waals surface area contributed by atoms with Crippen LogP contribution in [0.1, 0.15) is 96.6 Å². The number of nitrogens with one attached hydrogen (secondary N) is 5. The molecule has 9 atom stereocenters. The minimum Gasteiger partial charge on any atom is -0.506 e. The molecule has 2 saturated heterocycles. The second-order valence-electron chi connectivity index (χ2n) is 18.6. The SMILES string of the molecule is CCCCCC(=O)N[C@@H](CC(=O)O)C(=O)N[C@@H]1C(=O)N[C@@H](CCCN=C(N)N)C(=O)N[C@H]2CC[C@@H](O)N(C2=O)[C@@H](Cc2ccccc2)C(=O)N(C)[C@@H](Cc2ccc(O)c(Cl)c2)C(=O)NC(C(C)C)C(=O)O[C@H]1C. The highest BCUT2D eigenvalue weighted by molar-refractivity contribution is 6.32. The number of phenols is 1. The Balaban J connectivity index is 1.89. The summed E-state index contributed by atoms with van der Waals surface area (Å²) in [6.07, 6.45) is -3.04. The molecule has 2 fully saturated rings. The van der Waals surface area contributed by atoms with Gasteiger partial charge in [0, 0.05) is 32.9 Å². The summed E-state index contributed by atoms with van der Waals surface area (Å²) in [5, 5.41) is 44.1. The Labute approximate surface area is 428 Å². The lowest BCUT2D eigenvalue weighted by molar-refractivity contribution is -0.165. The van der Waals surface area contributed by atoms with E-state index in [0.717, 1.165) is 16.2 Å². The number of cyclic esters (lactones) is 1. The number of unbranched alkanes of at least 4 members (excludes halogenated alkanes) is 2. The van der Waals surface area contributed by atoms with E-state index in [1.807, 2.05) is 6.92 Å². The molecule has 73 heavy (non-hydrogen) atoms. The van der Waals surface area contributed by atoms with Gasteiger partial charge in [-0.3, -0.25) is 43.3 Å². The minimum atomic E-state index is -1.90. The first-order valence-corrected chi connectivity index (χ1v) is 24.7. The number of hydrogen-bond acceptors (Lipinski definition) is 13. The third-order valence-corrected chi connectivity index (χ3v) is 12.8. The molecule has 4 rings (SSSR count). The Morgan fingerprint density at radius 1 is 0.890 bits per heavy atom. The van der Waals surface area contributed by atoms with E-state index in [4.69, 9.17) is 27.8 Å². The summed E-state index contributed by atoms with van der Waals surface area (Å²) >= 11 is 6.27. The van der Waals surface area contributed by atoms with Crippen molar-refractivity contribution in [2.24, 2.45) is 22.4 Å². The molecule has 24 heteroatoms. The van der Waals surface area contributed by atoms with Crippen LogP contribution in [0.5, 0.6) is 5.75 Å². The van der Waals surface area contributed by atoms with Crippen molar-refractivity contribution in [1.29, 1.82) is 0 Å². The molecule has 12 N–H and O–H groups in total. The number of halogens is 1. The third-order valence-electron chi connectivity index (χ3n) is 12.5. The number of likely N-dealkylation sites (N-methyl/N-ethyl adjacent to an activating group) is 1. The van der Waals surface area contributed by atoms with Crippen LogP contribution in [0.25, 0.3) is 0 Å². The second-order valence-corrected chi connectivity index (χ2v) is 19.0. The number of aromatic hydroxyl groups is 1. The number of aliphatic carboxylic acids is 1. The number of aliphatic hydroxyl groups is 1. The third kappa shape index (κ3) is 17.0. The topological polar surface area (TPSA) is 355 Å². The molecule has 0 aliphatic carbocycles. The minimum absolute atomic E-state index is 0.0206. The van der Waals surface area contributed by atoms with Crippen LogP contribution in [0.4, 0.5) is 0 Å². The zero-order valence-corrected chi connectivity index (χ0v) is 42.4. The van der Waals surface area contributed by atoms with E-state index in [1.165, 1.54) is 32.2 Å². The molecular formula is C49H69ClN10O13. The lowest BCUT2D eigenvalue weighted by Crippen LogP contribution is -2.65. The maximum Gasteiger partial charge on any atom is 0.329 e. The Morgan fingerprint density at radius 2 is 1.58 bits per heavy atom. The molecule has 23 nitrogen and oxygen atoms in total. The largest absolute Gasteiger partial charge is 0.506 e. The van der Waals surface area contributed by atoms with E-state index < -0.39 is 120 Å². The number of fused-ring (bicyclic) bond motifs is 2. The van der Waals surface area contributed by atoms with Gasteiger partial charge in [-0.1, -0.05) is 81.6 Å². The van der Waals surface area contributed by atoms with E-state index in [-0.39, 0.29) is 68.2 Å². The van der Waals surface area contributed by atoms with Gasteiger partial charge in [0.1, 0.15) is 60.4 Å². The number of carboxylic acids is 1. The first kappa shape index (κ1) is 58.6. The zero-order valence-electron chi connectivity index (χ0n) is 41.7. The molecule has 2 bridgehead atoms. The molecule has 2 aliphatic rings. The summed E-state index contributed by atoms with van der Waals surface area (Å²) in [6, 6.07) is 1.70. The van der Waals surface area contributed by atoms with Gasteiger partial charge in [-0.05, 0) is 68.2 Å². The van der Waals surface area contributed by atoms with Gasteiger partial charge in [0.15, 0.2) is 5.96 Å². The van der Waals surface area contributed by atoms with Crippen LogP contribution in [0.3, 0.4) is 0 Å². The number of nitrogens with two attached hydrogens (primary N) is 2. The van der Waals surface area contributed by atoms with Gasteiger partial charge in [0.25, 0.3) is 0 Å². The van der Waals surface area contributed by atoms with Crippen molar-refractivity contribution in [2.75, 3.05) is 13.6 Å². The number of phenolic OH excluding ortho intramolecular Hbond substituents is 1. The van der Waals surface area contributed by atoms with Crippen molar-refractivity contribution >= 4 is 70.8 Å². The average Bonchev–Trinajstić information content (AvgIpc) is 3.33. The Kier molecular flexibility index (Phi) is 22.2. The molecule has 0 aromatic heterocycles. The Hall–Kier alpha value is -7.01. The normalized spacial score (nSPS) is 23.9. The molecule has 2 heterocycles. The molecule has 2 aliphatic heterocycles. The molecular weight excluding hydrogens is 972 g/mol. The molecule has 7 amide bonds. The number of carboxylic acid groups (broad SMARTS) is 1. The van der Waals surface area contributed by atoms with Crippen LogP contribution in [-0.4, -0.2) is 153 Å². The van der Waals surface area contributed by atoms with Crippen LogP contribution in [0.15, 0.2) is 53.5 Å². The van der Waals surface area contributed by atoms with Crippen LogP contribution in [-0.2, 0) is 60.7 Å². The lowest BCUT2D eigenvalue weighted by Gasteiger charge is -2.43. The number of nitrogens with zero attached hydrogens (tertiary/aromatic N) is 3. The summed E-state index contributed by atoms with van der Waals surface area (Å²) in [5.74, 6) is -10.3. The number of esters is 1. The second kappa shape index (κ2) is 27.7. The number of aliphatic hydroxyl groups excluding tert-OH is 1. The van der Waals surface area contributed by atoms with Crippen LogP contribution < -0.4 is 38.1 Å². The number of carbonyl (C=O) groups excluding carboxylic acids is 8. The van der Waals surface area contributed by atoms with Gasteiger partial charge in [0.2, 0.25) is 41.4 Å². The molecule has 0 saturated carbocycles. The highest BCUT2D eigenvalue weighted by Gasteiger charge is 2.46. The molecule has 0 spiro atoms. The lowest BCUT2D eigenvalue weighted by atomic mass is 9.95. The molecule has 2 aromatic rings. The van der Waals surface area contributed by atoms with Crippen molar-refractivity contribution < 1.29 is 63.2 Å². The maximum absolute atomic E-state index is 15.1. The van der Waals surface area contributed by atoms with Crippen LogP contribution >= 0.6 is 11.6 Å². The smallest absolute Gasteiger partial charge is 0.329 e. The van der Waals surface area contributed by atoms with Crippen molar-refractivity contribution in [3.8, 4) is 5.75 Å². The number of carbonyl (C=O) groups is 9. The van der Waals surface area contributed by atoms with Crippen LogP contribution in [0, 0.1) is 5.92 Å². The first-order valence-electron chi connectivity index (χ1n) is 24.3. The predicted octanol–water partition coefficient (Wildman–Crippen LogP) is 0.101. The molecule has 2 aromatic carbocycles. The van der Waals surface area contributed by atoms with Gasteiger partial charge >= 0.3 is 11.9 Å². The van der Waals surface area contributed by atoms with Crippen LogP contribution in [0.2, 0.25) is 5.02 Å². The fraction of sp³-hybridized carbons (Fsp3) is 0.551. The van der Waals surface area contributed by atoms with E-state index in [2.05, 4.69) is 31.6 Å². The number of rotatable bonds is 18. The van der Waals surface area contributed by atoms with E-state index in [1.54, 1.807) is 44.2 Å². The molecule has 0 radical (unpaired) electrons. The number of aliphatic imine (C=N–C) groups is 1. The number of ether oxygens (including phenoxy) is 1. The van der Waals surface area contributed by atoms with Gasteiger partial charge in [0.05, 0.1) is 11.4 Å². The van der Waals surface area contributed by atoms with Gasteiger partial charge in [-0.2, -0.15) is 0 Å². The van der Waals surface area contributed by atoms with E-state index >= 15 is 4.79 Å². The zero-order chi connectivity index (χ0) is 54.1. The van der Waals surface area contributed by atoms with E-state index in [9.17, 15) is 53.7 Å². The predicted molar refractivity (Wildman–Crippen MR) is 266 cm³/mol. The summed E-state index contributed by atoms with van der Waals surface area (Å²) < 4.78 is 5.83. The standard InChI is InChI=1S/C49H69ClN10O13/c1-6-7-9-16-37(62)54-33(25-39(64)65)43(67)58-41-27(4)73-48(72)40(26(2)3)57-44(68)34(24-29-17-19-36(61)30(50)22-29)59(5)47(71)35(23-28-13-10-8-11-14-28)60-38(63)20-18-32(46(60)70)56-42(66)31(55-45(41)69)15-12-21-53-49(51)52/h8,10-11,13-14,17,19,22,26-27,31-35,38,40-41,61,63H,6-7,9,12,15-16,18,20-21,23-25H2,1-5H3,(H,54,62)(H,55,69)(H,56,66)(H,57,68)(H,58,67)(H,64,65)(H4,51,52,53)/t27-,31-,32-,33-,34-,35-,38+,40?,41-/m0/s1. The first-order chi connectivity index (χ1) is 34.5. The number of piperidine rings is 1. The number of hydrogen-bond donors (Lipinski definition) is 10. The maximum atomic E-state index is 15.1. The van der Waals surface area contributed by atoms with Crippen molar-refractivity contribution in [3.63, 3.8) is 0 Å². The summed E-state index contributed by atoms with van der Waals surface area (Å²) in [6.45, 7) is 6.26. The van der Waals surface area contributed by atoms with E-state index in [0.29, 0.717) is 24.0 Å². The molecule has 400 valence electrons. The molecule has 1 unspecified atom stereocenters. The Bertz CT molecular complexity index is 2340. The van der Waals surface area contributed by atoms with Gasteiger partial charge < -0.3 is 67.9 Å².